The van der Waals surface area contributed by atoms with Crippen molar-refractivity contribution in [1.82, 2.24) is 5.32 Å². The lowest BCUT2D eigenvalue weighted by molar-refractivity contribution is -0.125. The number of ether oxygens (including phenoxy) is 3. The Labute approximate surface area is 164 Å². The van der Waals surface area contributed by atoms with Gasteiger partial charge in [-0.2, -0.15) is 0 Å². The van der Waals surface area contributed by atoms with Gasteiger partial charge in [-0.15, -0.1) is 0 Å². The summed E-state index contributed by atoms with van der Waals surface area (Å²) in [7, 11) is 1.58. The monoisotopic (exact) mass is 384 g/mol. The number of benzene rings is 2. The summed E-state index contributed by atoms with van der Waals surface area (Å²) in [6.45, 7) is 2.69. The van der Waals surface area contributed by atoms with E-state index in [-0.39, 0.29) is 18.2 Å². The molecular weight excluding hydrogens is 360 g/mol. The van der Waals surface area contributed by atoms with Crippen LogP contribution >= 0.6 is 0 Å². The van der Waals surface area contributed by atoms with Gasteiger partial charge in [-0.1, -0.05) is 24.3 Å². The zero-order chi connectivity index (χ0) is 19.9. The molecule has 7 nitrogen and oxygen atoms in total. The van der Waals surface area contributed by atoms with E-state index in [1.54, 1.807) is 18.9 Å². The third-order valence-electron chi connectivity index (χ3n) is 4.39. The van der Waals surface area contributed by atoms with Gasteiger partial charge in [0.1, 0.15) is 12.4 Å². The lowest BCUT2D eigenvalue weighted by Gasteiger charge is -2.32. The molecule has 148 valence electrons. The van der Waals surface area contributed by atoms with Gasteiger partial charge in [0.25, 0.3) is 5.91 Å². The van der Waals surface area contributed by atoms with Gasteiger partial charge in [0.15, 0.2) is 17.6 Å². The minimum atomic E-state index is -0.563. The molecule has 1 atom stereocenters. The van der Waals surface area contributed by atoms with Gasteiger partial charge in [-0.3, -0.25) is 9.59 Å². The Bertz CT molecular complexity index is 839. The molecule has 0 saturated carbocycles. The van der Waals surface area contributed by atoms with Crippen molar-refractivity contribution in [2.45, 2.75) is 19.4 Å². The predicted octanol–water partition coefficient (Wildman–Crippen LogP) is 2.39. The van der Waals surface area contributed by atoms with Gasteiger partial charge in [-0.25, -0.2) is 0 Å². The van der Waals surface area contributed by atoms with E-state index in [2.05, 4.69) is 5.32 Å². The number of hydrogen-bond acceptors (Lipinski definition) is 5. The quantitative estimate of drug-likeness (QED) is 0.707. The fraction of sp³-hybridized carbons (Fsp3) is 0.333. The molecule has 1 heterocycles. The molecule has 1 N–H and O–H groups in total. The lowest BCUT2D eigenvalue weighted by atomic mass is 10.1. The van der Waals surface area contributed by atoms with Crippen LogP contribution in [0.5, 0.6) is 17.2 Å². The Morgan fingerprint density at radius 2 is 1.86 bits per heavy atom. The number of anilines is 1. The van der Waals surface area contributed by atoms with Gasteiger partial charge in [0, 0.05) is 13.0 Å². The van der Waals surface area contributed by atoms with E-state index in [9.17, 15) is 9.59 Å². The summed E-state index contributed by atoms with van der Waals surface area (Å²) in [5, 5.41) is 2.81. The summed E-state index contributed by atoms with van der Waals surface area (Å²) < 4.78 is 16.4. The van der Waals surface area contributed by atoms with Crippen molar-refractivity contribution in [3.63, 3.8) is 0 Å². The van der Waals surface area contributed by atoms with E-state index < -0.39 is 6.10 Å². The van der Waals surface area contributed by atoms with Crippen LogP contribution in [0.25, 0.3) is 0 Å². The van der Waals surface area contributed by atoms with Gasteiger partial charge in [0.05, 0.1) is 19.3 Å². The molecule has 0 bridgehead atoms. The van der Waals surface area contributed by atoms with Crippen LogP contribution in [0.4, 0.5) is 5.69 Å². The highest BCUT2D eigenvalue weighted by atomic mass is 16.5. The summed E-state index contributed by atoms with van der Waals surface area (Å²) in [5.41, 5.74) is 0.693. The normalized spacial score (nSPS) is 15.4. The molecule has 2 aromatic rings. The van der Waals surface area contributed by atoms with Crippen LogP contribution in [0, 0.1) is 0 Å². The first-order chi connectivity index (χ1) is 13.6. The van der Waals surface area contributed by atoms with Crippen LogP contribution in [-0.2, 0) is 9.59 Å². The Morgan fingerprint density at radius 3 is 2.64 bits per heavy atom. The number of amides is 2. The number of fused-ring (bicyclic) bond motifs is 1. The molecule has 2 amide bonds. The third-order valence-corrected chi connectivity index (χ3v) is 4.39. The first-order valence-corrected chi connectivity index (χ1v) is 9.19. The number of methoxy groups -OCH3 is 1. The van der Waals surface area contributed by atoms with E-state index in [4.69, 9.17) is 14.2 Å². The molecule has 7 heteroatoms. The van der Waals surface area contributed by atoms with E-state index in [0.717, 1.165) is 0 Å². The van der Waals surface area contributed by atoms with Crippen molar-refractivity contribution in [3.8, 4) is 17.2 Å². The highest BCUT2D eigenvalue weighted by Gasteiger charge is 2.31. The van der Waals surface area contributed by atoms with Crippen molar-refractivity contribution in [1.29, 1.82) is 0 Å². The highest BCUT2D eigenvalue weighted by Crippen LogP contribution is 2.33. The van der Waals surface area contributed by atoms with Crippen molar-refractivity contribution >= 4 is 17.5 Å². The van der Waals surface area contributed by atoms with E-state index >= 15 is 0 Å². The van der Waals surface area contributed by atoms with Crippen LogP contribution in [0.1, 0.15) is 13.3 Å². The van der Waals surface area contributed by atoms with E-state index in [0.29, 0.717) is 42.6 Å². The summed E-state index contributed by atoms with van der Waals surface area (Å²) in [4.78, 5) is 26.2. The fourth-order valence-corrected chi connectivity index (χ4v) is 2.98. The second kappa shape index (κ2) is 9.12. The van der Waals surface area contributed by atoms with Gasteiger partial charge in [0.2, 0.25) is 5.91 Å². The van der Waals surface area contributed by atoms with E-state index in [1.807, 2.05) is 48.5 Å². The molecule has 1 aliphatic rings. The van der Waals surface area contributed by atoms with Crippen molar-refractivity contribution in [2.24, 2.45) is 0 Å². The molecule has 28 heavy (non-hydrogen) atoms. The Kier molecular flexibility index (Phi) is 6.37. The Balaban J connectivity index is 1.46. The smallest absolute Gasteiger partial charge is 0.267 e. The van der Waals surface area contributed by atoms with Gasteiger partial charge < -0.3 is 24.4 Å². The maximum Gasteiger partial charge on any atom is 0.267 e. The molecular formula is C21H24N2O5. The SMILES string of the molecule is COc1ccccc1OCCNC(=O)CCN1C(=O)C(C)Oc2ccccc21. The number of carbonyl (C=O) groups excluding carboxylic acids is 2. The second-order valence-electron chi connectivity index (χ2n) is 6.32. The number of rotatable bonds is 8. The van der Waals surface area contributed by atoms with Gasteiger partial charge in [-0.05, 0) is 31.2 Å². The Morgan fingerprint density at radius 1 is 1.14 bits per heavy atom. The van der Waals surface area contributed by atoms with Gasteiger partial charge >= 0.3 is 0 Å². The number of hydrogen-bond donors (Lipinski definition) is 1. The average molecular weight is 384 g/mol. The number of nitrogens with one attached hydrogen (secondary N) is 1. The minimum absolute atomic E-state index is 0.145. The molecule has 2 aromatic carbocycles. The average Bonchev–Trinajstić information content (AvgIpc) is 2.72. The molecule has 0 aliphatic carbocycles. The van der Waals surface area contributed by atoms with Crippen LogP contribution in [0.2, 0.25) is 0 Å². The topological polar surface area (TPSA) is 77.1 Å². The predicted molar refractivity (Wildman–Crippen MR) is 105 cm³/mol. The van der Waals surface area contributed by atoms with Crippen molar-refractivity contribution in [2.75, 3.05) is 31.7 Å². The number of nitrogens with zero attached hydrogens (tertiary/aromatic N) is 1. The zero-order valence-electron chi connectivity index (χ0n) is 16.0. The number of carbonyl (C=O) groups is 2. The molecule has 1 aliphatic heterocycles. The molecule has 0 fully saturated rings. The van der Waals surface area contributed by atoms with Crippen LogP contribution in [-0.4, -0.2) is 44.7 Å². The highest BCUT2D eigenvalue weighted by molar-refractivity contribution is 6.00. The Hall–Kier alpha value is -3.22. The van der Waals surface area contributed by atoms with Crippen LogP contribution < -0.4 is 24.4 Å². The standard InChI is InChI=1S/C21H24N2O5/c1-15-21(25)23(16-7-3-4-8-17(16)28-15)13-11-20(24)22-12-14-27-19-10-6-5-9-18(19)26-2/h3-10,15H,11-14H2,1-2H3,(H,22,24). The maximum absolute atomic E-state index is 12.4. The lowest BCUT2D eigenvalue weighted by Crippen LogP contribution is -2.45. The molecule has 1 unspecified atom stereocenters. The van der Waals surface area contributed by atoms with Crippen LogP contribution in [0.15, 0.2) is 48.5 Å². The van der Waals surface area contributed by atoms with E-state index in [1.165, 1.54) is 0 Å². The van der Waals surface area contributed by atoms with Crippen LogP contribution in [0.3, 0.4) is 0 Å². The molecule has 3 rings (SSSR count). The first kappa shape index (κ1) is 19.5. The molecule has 0 radical (unpaired) electrons. The number of para-hydroxylation sites is 4. The first-order valence-electron chi connectivity index (χ1n) is 9.19. The maximum atomic E-state index is 12.4. The summed E-state index contributed by atoms with van der Waals surface area (Å²) in [6, 6.07) is 14.7. The minimum Gasteiger partial charge on any atom is -0.493 e. The largest absolute Gasteiger partial charge is 0.493 e. The zero-order valence-corrected chi connectivity index (χ0v) is 16.0. The molecule has 0 spiro atoms. The molecule has 0 saturated heterocycles. The summed E-state index contributed by atoms with van der Waals surface area (Å²) in [6.07, 6.45) is -0.367. The third kappa shape index (κ3) is 4.54. The van der Waals surface area contributed by atoms with Crippen molar-refractivity contribution < 1.29 is 23.8 Å². The second-order valence-corrected chi connectivity index (χ2v) is 6.32. The summed E-state index contributed by atoms with van der Waals surface area (Å²) in [5.74, 6) is 1.63. The summed E-state index contributed by atoms with van der Waals surface area (Å²) >= 11 is 0. The molecule has 0 aromatic heterocycles. The van der Waals surface area contributed by atoms with Crippen molar-refractivity contribution in [3.05, 3.63) is 48.5 Å². The fourth-order valence-electron chi connectivity index (χ4n) is 2.98.